The lowest BCUT2D eigenvalue weighted by Crippen LogP contribution is -2.37. The first-order chi connectivity index (χ1) is 8.88. The van der Waals surface area contributed by atoms with Crippen LogP contribution in [0.25, 0.3) is 0 Å². The Labute approximate surface area is 120 Å². The van der Waals surface area contributed by atoms with Crippen LogP contribution in [0.15, 0.2) is 23.1 Å². The highest BCUT2D eigenvalue weighted by atomic mass is 35.5. The third-order valence-corrected chi connectivity index (χ3v) is 5.68. The van der Waals surface area contributed by atoms with E-state index in [1.54, 1.807) is 25.1 Å². The first kappa shape index (κ1) is 14.8. The SMILES string of the molecule is Cc1cc(Cl)ccc1S(=O)(=O)NC1CCC(C)CC1. The highest BCUT2D eigenvalue weighted by Gasteiger charge is 2.25. The molecule has 0 unspecified atom stereocenters. The van der Waals surface area contributed by atoms with Gasteiger partial charge in [0.2, 0.25) is 10.0 Å². The minimum absolute atomic E-state index is 0.0660. The molecule has 0 spiro atoms. The Hall–Kier alpha value is -0.580. The minimum Gasteiger partial charge on any atom is -0.208 e. The minimum atomic E-state index is -3.43. The summed E-state index contributed by atoms with van der Waals surface area (Å²) in [5, 5.41) is 0.558. The van der Waals surface area contributed by atoms with E-state index < -0.39 is 10.0 Å². The van der Waals surface area contributed by atoms with E-state index in [-0.39, 0.29) is 6.04 Å². The van der Waals surface area contributed by atoms with Crippen LogP contribution in [0.5, 0.6) is 0 Å². The molecule has 1 aliphatic rings. The molecule has 5 heteroatoms. The molecule has 0 bridgehead atoms. The normalized spacial score (nSPS) is 24.4. The van der Waals surface area contributed by atoms with Gasteiger partial charge in [-0.25, -0.2) is 13.1 Å². The summed E-state index contributed by atoms with van der Waals surface area (Å²) in [7, 11) is -3.43. The number of halogens is 1. The molecule has 1 N–H and O–H groups in total. The van der Waals surface area contributed by atoms with Crippen molar-refractivity contribution in [2.24, 2.45) is 5.92 Å². The van der Waals surface area contributed by atoms with Gasteiger partial charge in [-0.3, -0.25) is 0 Å². The van der Waals surface area contributed by atoms with Gasteiger partial charge in [0.05, 0.1) is 4.90 Å². The molecule has 1 aliphatic carbocycles. The molecule has 1 aromatic carbocycles. The molecule has 1 fully saturated rings. The van der Waals surface area contributed by atoms with E-state index in [2.05, 4.69) is 11.6 Å². The van der Waals surface area contributed by atoms with Crippen molar-refractivity contribution in [1.29, 1.82) is 0 Å². The van der Waals surface area contributed by atoms with Crippen molar-refractivity contribution in [2.75, 3.05) is 0 Å². The topological polar surface area (TPSA) is 46.2 Å². The van der Waals surface area contributed by atoms with Crippen molar-refractivity contribution >= 4 is 21.6 Å². The quantitative estimate of drug-likeness (QED) is 0.928. The van der Waals surface area contributed by atoms with Crippen LogP contribution in [0.4, 0.5) is 0 Å². The second-order valence-electron chi connectivity index (χ2n) is 5.49. The molecule has 0 aromatic heterocycles. The maximum Gasteiger partial charge on any atom is 0.241 e. The maximum atomic E-state index is 12.4. The van der Waals surface area contributed by atoms with Crippen LogP contribution in [-0.2, 0) is 10.0 Å². The van der Waals surface area contributed by atoms with Gasteiger partial charge in [0.1, 0.15) is 0 Å². The summed E-state index contributed by atoms with van der Waals surface area (Å²) in [5.74, 6) is 0.707. The number of nitrogens with one attached hydrogen (secondary N) is 1. The van der Waals surface area contributed by atoms with E-state index in [1.807, 2.05) is 0 Å². The zero-order valence-electron chi connectivity index (χ0n) is 11.3. The summed E-state index contributed by atoms with van der Waals surface area (Å²) in [5.41, 5.74) is 0.684. The number of aryl methyl sites for hydroxylation is 1. The fourth-order valence-electron chi connectivity index (χ4n) is 2.58. The molecule has 0 aliphatic heterocycles. The standard InChI is InChI=1S/C14H20ClNO2S/c1-10-3-6-13(7-4-10)16-19(17,18)14-8-5-12(15)9-11(14)2/h5,8-10,13,16H,3-4,6-7H2,1-2H3. The molecular formula is C14H20ClNO2S. The molecule has 0 saturated heterocycles. The Balaban J connectivity index is 2.14. The summed E-state index contributed by atoms with van der Waals surface area (Å²) in [4.78, 5) is 0.329. The molecular weight excluding hydrogens is 282 g/mol. The second kappa shape index (κ2) is 5.81. The molecule has 106 valence electrons. The van der Waals surface area contributed by atoms with Crippen LogP contribution in [-0.4, -0.2) is 14.5 Å². The summed E-state index contributed by atoms with van der Waals surface area (Å²) in [6.45, 7) is 3.98. The molecule has 0 radical (unpaired) electrons. The molecule has 1 aromatic rings. The third-order valence-electron chi connectivity index (χ3n) is 3.76. The number of sulfonamides is 1. The van der Waals surface area contributed by atoms with Crippen molar-refractivity contribution < 1.29 is 8.42 Å². The van der Waals surface area contributed by atoms with Crippen LogP contribution in [0.2, 0.25) is 5.02 Å². The Bertz CT molecular complexity index is 549. The Morgan fingerprint density at radius 1 is 1.21 bits per heavy atom. The van der Waals surface area contributed by atoms with Crippen LogP contribution < -0.4 is 4.72 Å². The van der Waals surface area contributed by atoms with Crippen molar-refractivity contribution in [3.05, 3.63) is 28.8 Å². The lowest BCUT2D eigenvalue weighted by Gasteiger charge is -2.26. The van der Waals surface area contributed by atoms with Gasteiger partial charge in [-0.15, -0.1) is 0 Å². The molecule has 0 atom stereocenters. The highest BCUT2D eigenvalue weighted by molar-refractivity contribution is 7.89. The van der Waals surface area contributed by atoms with E-state index in [0.717, 1.165) is 25.7 Å². The van der Waals surface area contributed by atoms with Gasteiger partial charge < -0.3 is 0 Å². The summed E-state index contributed by atoms with van der Waals surface area (Å²) >= 11 is 5.86. The smallest absolute Gasteiger partial charge is 0.208 e. The fraction of sp³-hybridized carbons (Fsp3) is 0.571. The Kier molecular flexibility index (Phi) is 4.54. The van der Waals surface area contributed by atoms with E-state index in [1.165, 1.54) is 0 Å². The Morgan fingerprint density at radius 3 is 2.42 bits per heavy atom. The molecule has 3 nitrogen and oxygen atoms in total. The van der Waals surface area contributed by atoms with Gasteiger partial charge in [-0.2, -0.15) is 0 Å². The zero-order chi connectivity index (χ0) is 14.0. The Morgan fingerprint density at radius 2 is 1.84 bits per heavy atom. The van der Waals surface area contributed by atoms with Crippen molar-refractivity contribution in [3.8, 4) is 0 Å². The van der Waals surface area contributed by atoms with E-state index in [0.29, 0.717) is 21.4 Å². The predicted molar refractivity (Wildman–Crippen MR) is 77.9 cm³/mol. The third kappa shape index (κ3) is 3.71. The fourth-order valence-corrected chi connectivity index (χ4v) is 4.33. The molecule has 1 saturated carbocycles. The van der Waals surface area contributed by atoms with Gasteiger partial charge in [0.15, 0.2) is 0 Å². The molecule has 19 heavy (non-hydrogen) atoms. The van der Waals surface area contributed by atoms with Gasteiger partial charge in [-0.05, 0) is 62.3 Å². The predicted octanol–water partition coefficient (Wildman–Crippen LogP) is 3.51. The first-order valence-electron chi connectivity index (χ1n) is 6.67. The van der Waals surface area contributed by atoms with Crippen molar-refractivity contribution in [2.45, 2.75) is 50.5 Å². The second-order valence-corrected chi connectivity index (χ2v) is 7.61. The van der Waals surface area contributed by atoms with Crippen molar-refractivity contribution in [3.63, 3.8) is 0 Å². The summed E-state index contributed by atoms with van der Waals surface area (Å²) < 4.78 is 27.5. The van der Waals surface area contributed by atoms with Crippen LogP contribution in [0.3, 0.4) is 0 Å². The molecule has 0 amide bonds. The van der Waals surface area contributed by atoms with Gasteiger partial charge in [0.25, 0.3) is 0 Å². The van der Waals surface area contributed by atoms with Crippen LogP contribution >= 0.6 is 11.6 Å². The number of rotatable bonds is 3. The monoisotopic (exact) mass is 301 g/mol. The van der Waals surface area contributed by atoms with Gasteiger partial charge >= 0.3 is 0 Å². The zero-order valence-corrected chi connectivity index (χ0v) is 12.9. The lowest BCUT2D eigenvalue weighted by atomic mass is 9.88. The van der Waals surface area contributed by atoms with E-state index in [4.69, 9.17) is 11.6 Å². The number of benzene rings is 1. The average Bonchev–Trinajstić information content (AvgIpc) is 2.31. The van der Waals surface area contributed by atoms with Gasteiger partial charge in [-0.1, -0.05) is 18.5 Å². The van der Waals surface area contributed by atoms with Crippen LogP contribution in [0.1, 0.15) is 38.2 Å². The highest BCUT2D eigenvalue weighted by Crippen LogP contribution is 2.26. The van der Waals surface area contributed by atoms with E-state index in [9.17, 15) is 8.42 Å². The largest absolute Gasteiger partial charge is 0.241 e. The maximum absolute atomic E-state index is 12.4. The van der Waals surface area contributed by atoms with E-state index >= 15 is 0 Å². The molecule has 2 rings (SSSR count). The average molecular weight is 302 g/mol. The summed E-state index contributed by atoms with van der Waals surface area (Å²) in [6.07, 6.45) is 4.03. The molecule has 0 heterocycles. The lowest BCUT2D eigenvalue weighted by molar-refractivity contribution is 0.332. The van der Waals surface area contributed by atoms with Crippen molar-refractivity contribution in [1.82, 2.24) is 4.72 Å². The van der Waals surface area contributed by atoms with Crippen LogP contribution in [0, 0.1) is 12.8 Å². The summed E-state index contributed by atoms with van der Waals surface area (Å²) in [6, 6.07) is 4.94. The number of hydrogen-bond donors (Lipinski definition) is 1. The number of hydrogen-bond acceptors (Lipinski definition) is 2. The van der Waals surface area contributed by atoms with Gasteiger partial charge in [0, 0.05) is 11.1 Å². The first-order valence-corrected chi connectivity index (χ1v) is 8.53.